The molecule has 8 aromatic rings. The van der Waals surface area contributed by atoms with Crippen molar-refractivity contribution in [2.45, 2.75) is 0 Å². The zero-order valence-corrected chi connectivity index (χ0v) is 20.5. The van der Waals surface area contributed by atoms with Gasteiger partial charge in [-0.25, -0.2) is 9.97 Å². The Morgan fingerprint density at radius 2 is 1.21 bits per heavy atom. The Morgan fingerprint density at radius 1 is 0.500 bits per heavy atom. The Bertz CT molecular complexity index is 2120. The maximum Gasteiger partial charge on any atom is 0.235 e. The van der Waals surface area contributed by atoms with E-state index < -0.39 is 0 Å². The summed E-state index contributed by atoms with van der Waals surface area (Å²) in [6.45, 7) is 0. The zero-order valence-electron chi connectivity index (χ0n) is 20.5. The quantitative estimate of drug-likeness (QED) is 0.252. The van der Waals surface area contributed by atoms with Crippen LogP contribution in [0.15, 0.2) is 134 Å². The second kappa shape index (κ2) is 8.15. The number of aromatic nitrogens is 4. The van der Waals surface area contributed by atoms with Gasteiger partial charge in [0, 0.05) is 39.0 Å². The molecule has 0 unspecified atom stereocenters. The molecule has 0 spiro atoms. The molecule has 0 aliphatic carbocycles. The lowest BCUT2D eigenvalue weighted by Gasteiger charge is -2.13. The minimum Gasteiger partial charge on any atom is -0.315 e. The number of rotatable bonds is 3. The normalized spacial score (nSPS) is 11.7. The Morgan fingerprint density at radius 3 is 2.05 bits per heavy atom. The van der Waals surface area contributed by atoms with Gasteiger partial charge in [0.1, 0.15) is 0 Å². The van der Waals surface area contributed by atoms with Crippen LogP contribution in [0.4, 0.5) is 0 Å². The number of hydrogen-bond acceptors (Lipinski definition) is 2. The molecule has 8 rings (SSSR count). The molecule has 38 heavy (non-hydrogen) atoms. The van der Waals surface area contributed by atoms with Gasteiger partial charge in [-0.15, -0.1) is 0 Å². The summed E-state index contributed by atoms with van der Waals surface area (Å²) in [6.07, 6.45) is 2.15. The maximum atomic E-state index is 5.25. The Kier molecular flexibility index (Phi) is 4.49. The molecule has 0 radical (unpaired) electrons. The van der Waals surface area contributed by atoms with E-state index in [9.17, 15) is 0 Å². The molecular formula is C34H22N4. The van der Waals surface area contributed by atoms with Gasteiger partial charge in [-0.1, -0.05) is 97.1 Å². The zero-order chi connectivity index (χ0) is 25.1. The molecule has 0 atom stereocenters. The highest BCUT2D eigenvalue weighted by atomic mass is 15.2. The monoisotopic (exact) mass is 486 g/mol. The molecule has 0 fully saturated rings. The van der Waals surface area contributed by atoms with Crippen LogP contribution < -0.4 is 0 Å². The van der Waals surface area contributed by atoms with E-state index in [1.807, 2.05) is 12.1 Å². The van der Waals surface area contributed by atoms with Crippen molar-refractivity contribution >= 4 is 43.6 Å². The van der Waals surface area contributed by atoms with Crippen LogP contribution in [0.2, 0.25) is 0 Å². The fraction of sp³-hybridized carbons (Fsp3) is 0. The van der Waals surface area contributed by atoms with Crippen molar-refractivity contribution in [1.82, 2.24) is 19.1 Å². The van der Waals surface area contributed by atoms with Gasteiger partial charge in [-0.05, 0) is 30.3 Å². The van der Waals surface area contributed by atoms with Gasteiger partial charge < -0.3 is 4.57 Å². The molecule has 4 nitrogen and oxygen atoms in total. The van der Waals surface area contributed by atoms with Crippen LogP contribution in [-0.2, 0) is 0 Å². The average Bonchev–Trinajstić information content (AvgIpc) is 3.57. The largest absolute Gasteiger partial charge is 0.315 e. The third-order valence-corrected chi connectivity index (χ3v) is 7.36. The first-order valence-electron chi connectivity index (χ1n) is 12.8. The third kappa shape index (κ3) is 3.04. The van der Waals surface area contributed by atoms with E-state index in [2.05, 4.69) is 131 Å². The molecule has 0 saturated heterocycles. The van der Waals surface area contributed by atoms with E-state index >= 15 is 0 Å². The molecule has 0 N–H and O–H groups in total. The summed E-state index contributed by atoms with van der Waals surface area (Å²) >= 11 is 0. The summed E-state index contributed by atoms with van der Waals surface area (Å²) in [5.74, 6) is 0.669. The predicted octanol–water partition coefficient (Wildman–Crippen LogP) is 8.34. The molecule has 3 heterocycles. The predicted molar refractivity (Wildman–Crippen MR) is 156 cm³/mol. The molecule has 0 aliphatic heterocycles. The summed E-state index contributed by atoms with van der Waals surface area (Å²) < 4.78 is 4.51. The number of hydrogen-bond donors (Lipinski definition) is 0. The highest BCUT2D eigenvalue weighted by Crippen LogP contribution is 2.38. The van der Waals surface area contributed by atoms with Crippen molar-refractivity contribution in [2.24, 2.45) is 0 Å². The van der Waals surface area contributed by atoms with Gasteiger partial charge in [0.05, 0.1) is 27.8 Å². The van der Waals surface area contributed by atoms with Gasteiger partial charge in [0.15, 0.2) is 0 Å². The fourth-order valence-corrected chi connectivity index (χ4v) is 5.66. The standard InChI is InChI=1S/C34H22N4/c1-3-11-23(12-4-1)31-28-16-7-9-17-29(28)35-34(36-31)38-30-18-10-8-15-26(30)27-20-19-24-21-22-37(32(24)33(27)38)25-13-5-2-6-14-25/h1-22H. The van der Waals surface area contributed by atoms with Crippen LogP contribution in [-0.4, -0.2) is 19.1 Å². The van der Waals surface area contributed by atoms with E-state index in [0.29, 0.717) is 5.95 Å². The molecule has 0 aliphatic rings. The van der Waals surface area contributed by atoms with Gasteiger partial charge in [0.2, 0.25) is 5.95 Å². The molecule has 0 saturated carbocycles. The lowest BCUT2D eigenvalue weighted by molar-refractivity contribution is 1.01. The second-order valence-electron chi connectivity index (χ2n) is 9.53. The number of nitrogens with zero attached hydrogens (tertiary/aromatic N) is 4. The Hall–Kier alpha value is -5.22. The number of para-hydroxylation sites is 3. The van der Waals surface area contributed by atoms with Gasteiger partial charge >= 0.3 is 0 Å². The lowest BCUT2D eigenvalue weighted by Crippen LogP contribution is -2.04. The molecule has 5 aromatic carbocycles. The van der Waals surface area contributed by atoms with Crippen molar-refractivity contribution in [3.63, 3.8) is 0 Å². The smallest absolute Gasteiger partial charge is 0.235 e. The SMILES string of the molecule is c1ccc(-c2nc(-n3c4ccccc4c4ccc5ccn(-c6ccccc6)c5c43)nc3ccccc23)cc1. The molecule has 0 amide bonds. The van der Waals surface area contributed by atoms with Crippen molar-refractivity contribution in [3.8, 4) is 22.9 Å². The van der Waals surface area contributed by atoms with Crippen LogP contribution in [0.3, 0.4) is 0 Å². The summed E-state index contributed by atoms with van der Waals surface area (Å²) in [5, 5.41) is 4.58. The summed E-state index contributed by atoms with van der Waals surface area (Å²) in [7, 11) is 0. The molecule has 4 heteroatoms. The fourth-order valence-electron chi connectivity index (χ4n) is 5.66. The van der Waals surface area contributed by atoms with E-state index in [4.69, 9.17) is 9.97 Å². The molecular weight excluding hydrogens is 464 g/mol. The average molecular weight is 487 g/mol. The van der Waals surface area contributed by atoms with Crippen LogP contribution in [0.5, 0.6) is 0 Å². The van der Waals surface area contributed by atoms with E-state index in [1.54, 1.807) is 0 Å². The third-order valence-electron chi connectivity index (χ3n) is 7.36. The van der Waals surface area contributed by atoms with E-state index in [0.717, 1.165) is 44.4 Å². The van der Waals surface area contributed by atoms with Crippen LogP contribution in [0, 0.1) is 0 Å². The number of fused-ring (bicyclic) bond motifs is 6. The minimum atomic E-state index is 0.669. The molecule has 178 valence electrons. The van der Waals surface area contributed by atoms with Crippen molar-refractivity contribution in [2.75, 3.05) is 0 Å². The second-order valence-corrected chi connectivity index (χ2v) is 9.53. The molecule has 0 bridgehead atoms. The maximum absolute atomic E-state index is 5.25. The molecule has 3 aromatic heterocycles. The van der Waals surface area contributed by atoms with Crippen LogP contribution in [0.1, 0.15) is 0 Å². The van der Waals surface area contributed by atoms with Crippen LogP contribution >= 0.6 is 0 Å². The van der Waals surface area contributed by atoms with Crippen molar-refractivity contribution in [3.05, 3.63) is 134 Å². The Balaban J connectivity index is 1.55. The van der Waals surface area contributed by atoms with Gasteiger partial charge in [-0.2, -0.15) is 0 Å². The first kappa shape index (κ1) is 20.9. The summed E-state index contributed by atoms with van der Waals surface area (Å²) in [4.78, 5) is 10.4. The summed E-state index contributed by atoms with van der Waals surface area (Å²) in [5.41, 5.74) is 7.39. The van der Waals surface area contributed by atoms with Crippen molar-refractivity contribution in [1.29, 1.82) is 0 Å². The van der Waals surface area contributed by atoms with E-state index in [-0.39, 0.29) is 0 Å². The first-order chi connectivity index (χ1) is 18.9. The lowest BCUT2D eigenvalue weighted by atomic mass is 10.1. The topological polar surface area (TPSA) is 35.6 Å². The van der Waals surface area contributed by atoms with E-state index in [1.165, 1.54) is 16.2 Å². The highest BCUT2D eigenvalue weighted by molar-refractivity contribution is 6.18. The summed E-state index contributed by atoms with van der Waals surface area (Å²) in [6, 6.07) is 44.3. The number of benzene rings is 5. The van der Waals surface area contributed by atoms with Crippen LogP contribution in [0.25, 0.3) is 66.5 Å². The highest BCUT2D eigenvalue weighted by Gasteiger charge is 2.20. The van der Waals surface area contributed by atoms with Gasteiger partial charge in [0.25, 0.3) is 0 Å². The first-order valence-corrected chi connectivity index (χ1v) is 12.8. The Labute approximate surface area is 219 Å². The van der Waals surface area contributed by atoms with Gasteiger partial charge in [-0.3, -0.25) is 4.57 Å². The minimum absolute atomic E-state index is 0.669. The van der Waals surface area contributed by atoms with Crippen molar-refractivity contribution < 1.29 is 0 Å².